The van der Waals surface area contributed by atoms with Crippen molar-refractivity contribution in [2.24, 2.45) is 5.73 Å². The fraction of sp³-hybridized carbons (Fsp3) is 0.706. The highest BCUT2D eigenvalue weighted by molar-refractivity contribution is 5.32. The predicted octanol–water partition coefficient (Wildman–Crippen LogP) is 2.10. The lowest BCUT2D eigenvalue weighted by molar-refractivity contribution is 0.0950. The van der Waals surface area contributed by atoms with Gasteiger partial charge in [-0.25, -0.2) is 0 Å². The molecular formula is C17H26N2O2. The Morgan fingerprint density at radius 3 is 2.76 bits per heavy atom. The van der Waals surface area contributed by atoms with E-state index < -0.39 is 5.54 Å². The van der Waals surface area contributed by atoms with Crippen LogP contribution >= 0.6 is 0 Å². The summed E-state index contributed by atoms with van der Waals surface area (Å²) in [5.41, 5.74) is 8.98. The summed E-state index contributed by atoms with van der Waals surface area (Å²) in [5.74, 6) is 0. The summed E-state index contributed by atoms with van der Waals surface area (Å²) in [5, 5.41) is 0. The van der Waals surface area contributed by atoms with Crippen LogP contribution in [0.3, 0.4) is 0 Å². The third-order valence-electron chi connectivity index (χ3n) is 4.70. The molecule has 1 saturated heterocycles. The second-order valence-corrected chi connectivity index (χ2v) is 7.01. The van der Waals surface area contributed by atoms with E-state index in [-0.39, 0.29) is 11.7 Å². The number of nitrogens with zero attached hydrogens (tertiary/aromatic N) is 1. The minimum atomic E-state index is -0.595. The number of rotatable bonds is 3. The van der Waals surface area contributed by atoms with Crippen LogP contribution in [-0.4, -0.2) is 17.3 Å². The normalized spacial score (nSPS) is 22.3. The van der Waals surface area contributed by atoms with Crippen LogP contribution in [-0.2, 0) is 29.7 Å². The molecule has 4 heteroatoms. The lowest BCUT2D eigenvalue weighted by Gasteiger charge is -2.27. The summed E-state index contributed by atoms with van der Waals surface area (Å²) in [4.78, 5) is 12.9. The van der Waals surface area contributed by atoms with Crippen LogP contribution < -0.4 is 11.3 Å². The Hall–Kier alpha value is -1.13. The van der Waals surface area contributed by atoms with Crippen molar-refractivity contribution in [3.8, 4) is 0 Å². The molecular weight excluding hydrogens is 264 g/mol. The first kappa shape index (κ1) is 14.8. The molecule has 0 saturated carbocycles. The van der Waals surface area contributed by atoms with Gasteiger partial charge < -0.3 is 15.0 Å². The zero-order chi connectivity index (χ0) is 15.0. The highest BCUT2D eigenvalue weighted by Gasteiger charge is 2.26. The van der Waals surface area contributed by atoms with E-state index in [0.717, 1.165) is 37.9 Å². The lowest BCUT2D eigenvalue weighted by atomic mass is 9.89. The molecule has 3 rings (SSSR count). The van der Waals surface area contributed by atoms with E-state index in [9.17, 15) is 4.79 Å². The smallest absolute Gasteiger partial charge is 0.255 e. The van der Waals surface area contributed by atoms with Crippen molar-refractivity contribution in [2.45, 2.75) is 70.6 Å². The minimum absolute atomic E-state index is 0.0821. The second-order valence-electron chi connectivity index (χ2n) is 7.01. The summed E-state index contributed by atoms with van der Waals surface area (Å²) in [6.07, 6.45) is 6.78. The molecule has 2 N–H and O–H groups in total. The van der Waals surface area contributed by atoms with Gasteiger partial charge in [0.2, 0.25) is 0 Å². The Balaban J connectivity index is 2.08. The third kappa shape index (κ3) is 2.92. The molecule has 1 unspecified atom stereocenters. The summed E-state index contributed by atoms with van der Waals surface area (Å²) >= 11 is 0. The van der Waals surface area contributed by atoms with Crippen LogP contribution in [0.4, 0.5) is 0 Å². The molecule has 0 aromatic carbocycles. The van der Waals surface area contributed by atoms with E-state index in [1.807, 2.05) is 18.4 Å². The van der Waals surface area contributed by atoms with E-state index in [4.69, 9.17) is 10.5 Å². The highest BCUT2D eigenvalue weighted by atomic mass is 16.5. The van der Waals surface area contributed by atoms with Crippen LogP contribution in [0, 0.1) is 0 Å². The first-order valence-electron chi connectivity index (χ1n) is 8.13. The maximum Gasteiger partial charge on any atom is 0.255 e. The van der Waals surface area contributed by atoms with Crippen LogP contribution in [0.2, 0.25) is 0 Å². The second kappa shape index (κ2) is 5.58. The quantitative estimate of drug-likeness (QED) is 0.927. The molecule has 2 heterocycles. The van der Waals surface area contributed by atoms with Crippen molar-refractivity contribution in [1.29, 1.82) is 0 Å². The Labute approximate surface area is 126 Å². The number of pyridine rings is 1. The van der Waals surface area contributed by atoms with Gasteiger partial charge in [0.15, 0.2) is 0 Å². The summed E-state index contributed by atoms with van der Waals surface area (Å²) in [7, 11) is 0. The molecule has 0 amide bonds. The van der Waals surface area contributed by atoms with Gasteiger partial charge in [-0.3, -0.25) is 4.79 Å². The van der Waals surface area contributed by atoms with Crippen molar-refractivity contribution >= 4 is 0 Å². The van der Waals surface area contributed by atoms with Crippen molar-refractivity contribution in [2.75, 3.05) is 6.61 Å². The van der Waals surface area contributed by atoms with Gasteiger partial charge in [0.1, 0.15) is 0 Å². The lowest BCUT2D eigenvalue weighted by Crippen LogP contribution is -2.41. The van der Waals surface area contributed by atoms with Gasteiger partial charge in [-0.2, -0.15) is 0 Å². The Kier molecular flexibility index (Phi) is 3.93. The van der Waals surface area contributed by atoms with Crippen molar-refractivity contribution in [3.63, 3.8) is 0 Å². The van der Waals surface area contributed by atoms with Gasteiger partial charge in [-0.1, -0.05) is 0 Å². The topological polar surface area (TPSA) is 57.2 Å². The van der Waals surface area contributed by atoms with Gasteiger partial charge in [-0.15, -0.1) is 0 Å². The SMILES string of the molecule is CC(C)(N)c1cc2c(n(CC3CCCO3)c1=O)CCCC2. The van der Waals surface area contributed by atoms with Crippen LogP contribution in [0.15, 0.2) is 10.9 Å². The number of aryl methyl sites for hydroxylation is 1. The van der Waals surface area contributed by atoms with E-state index >= 15 is 0 Å². The zero-order valence-corrected chi connectivity index (χ0v) is 13.2. The zero-order valence-electron chi connectivity index (χ0n) is 13.2. The monoisotopic (exact) mass is 290 g/mol. The predicted molar refractivity (Wildman–Crippen MR) is 83.5 cm³/mol. The average Bonchev–Trinajstić information content (AvgIpc) is 2.93. The molecule has 1 aliphatic heterocycles. The van der Waals surface area contributed by atoms with Gasteiger partial charge >= 0.3 is 0 Å². The van der Waals surface area contributed by atoms with Crippen molar-refractivity contribution in [1.82, 2.24) is 4.57 Å². The summed E-state index contributed by atoms with van der Waals surface area (Å²) in [6, 6.07) is 2.06. The van der Waals surface area contributed by atoms with Gasteiger partial charge in [0.25, 0.3) is 5.56 Å². The molecule has 1 fully saturated rings. The Morgan fingerprint density at radius 2 is 2.10 bits per heavy atom. The third-order valence-corrected chi connectivity index (χ3v) is 4.70. The molecule has 1 aromatic heterocycles. The number of aromatic nitrogens is 1. The van der Waals surface area contributed by atoms with Crippen LogP contribution in [0.1, 0.15) is 56.4 Å². The molecule has 1 aromatic rings. The maximum absolute atomic E-state index is 12.9. The maximum atomic E-state index is 12.9. The van der Waals surface area contributed by atoms with E-state index in [0.29, 0.717) is 6.54 Å². The molecule has 0 radical (unpaired) electrons. The number of hydrogen-bond acceptors (Lipinski definition) is 3. The average molecular weight is 290 g/mol. The standard InChI is InChI=1S/C17H26N2O2/c1-17(2,18)14-10-12-6-3-4-8-15(12)19(16(14)20)11-13-7-5-9-21-13/h10,13H,3-9,11,18H2,1-2H3. The summed E-state index contributed by atoms with van der Waals surface area (Å²) < 4.78 is 7.70. The molecule has 116 valence electrons. The molecule has 1 atom stereocenters. The molecule has 4 nitrogen and oxygen atoms in total. The van der Waals surface area contributed by atoms with Gasteiger partial charge in [0.05, 0.1) is 12.6 Å². The van der Waals surface area contributed by atoms with Crippen LogP contribution in [0.5, 0.6) is 0 Å². The largest absolute Gasteiger partial charge is 0.376 e. The van der Waals surface area contributed by atoms with E-state index in [2.05, 4.69) is 6.07 Å². The number of fused-ring (bicyclic) bond motifs is 1. The van der Waals surface area contributed by atoms with Crippen molar-refractivity contribution in [3.05, 3.63) is 33.2 Å². The van der Waals surface area contributed by atoms with Gasteiger partial charge in [0, 0.05) is 23.4 Å². The number of nitrogens with two attached hydrogens (primary N) is 1. The fourth-order valence-electron chi connectivity index (χ4n) is 3.53. The molecule has 1 aliphatic carbocycles. The van der Waals surface area contributed by atoms with Gasteiger partial charge in [-0.05, 0) is 64.0 Å². The van der Waals surface area contributed by atoms with Crippen LogP contribution in [0.25, 0.3) is 0 Å². The first-order valence-corrected chi connectivity index (χ1v) is 8.13. The number of ether oxygens (including phenoxy) is 1. The van der Waals surface area contributed by atoms with E-state index in [1.165, 1.54) is 24.1 Å². The molecule has 0 spiro atoms. The van der Waals surface area contributed by atoms with Crippen molar-refractivity contribution < 1.29 is 4.74 Å². The first-order chi connectivity index (χ1) is 9.97. The molecule has 0 bridgehead atoms. The number of hydrogen-bond donors (Lipinski definition) is 1. The minimum Gasteiger partial charge on any atom is -0.376 e. The highest BCUT2D eigenvalue weighted by Crippen LogP contribution is 2.25. The fourth-order valence-corrected chi connectivity index (χ4v) is 3.53. The Bertz CT molecular complexity index is 578. The molecule has 2 aliphatic rings. The molecule has 21 heavy (non-hydrogen) atoms. The summed E-state index contributed by atoms with van der Waals surface area (Å²) in [6.45, 7) is 5.33. The Morgan fingerprint density at radius 1 is 1.33 bits per heavy atom. The van der Waals surface area contributed by atoms with E-state index in [1.54, 1.807) is 0 Å².